The Morgan fingerprint density at radius 2 is 1.77 bits per heavy atom. The highest BCUT2D eigenvalue weighted by Gasteiger charge is 2.34. The van der Waals surface area contributed by atoms with E-state index >= 15 is 0 Å². The van der Waals surface area contributed by atoms with E-state index in [2.05, 4.69) is 48.3 Å². The quantitative estimate of drug-likeness (QED) is 0.261. The van der Waals surface area contributed by atoms with E-state index in [9.17, 15) is 14.7 Å². The van der Waals surface area contributed by atoms with E-state index in [1.165, 1.54) is 69.8 Å². The van der Waals surface area contributed by atoms with Crippen LogP contribution in [0.25, 0.3) is 11.1 Å². The van der Waals surface area contributed by atoms with Gasteiger partial charge in [0.1, 0.15) is 6.04 Å². The van der Waals surface area contributed by atoms with Gasteiger partial charge in [-0.3, -0.25) is 9.69 Å². The zero-order valence-electron chi connectivity index (χ0n) is 24.7. The van der Waals surface area contributed by atoms with E-state index in [0.717, 1.165) is 29.2 Å². The molecule has 2 aromatic carbocycles. The smallest absolute Gasteiger partial charge is 0.326 e. The number of nitrogens with one attached hydrogen (secondary N) is 1. The number of carbonyl (C=O) groups is 2. The number of aryl methyl sites for hydroxylation is 1. The van der Waals surface area contributed by atoms with Gasteiger partial charge in [0.05, 0.1) is 0 Å². The lowest BCUT2D eigenvalue weighted by Crippen LogP contribution is -2.41. The fraction of sp³-hybridized carbons (Fsp3) is 0.588. The summed E-state index contributed by atoms with van der Waals surface area (Å²) in [5.41, 5.74) is 4.78. The minimum atomic E-state index is -0.989. The number of hydrogen-bond donors (Lipinski definition) is 2. The molecular weight excluding hydrogens is 516 g/mol. The van der Waals surface area contributed by atoms with Gasteiger partial charge in [-0.25, -0.2) is 4.79 Å². The summed E-state index contributed by atoms with van der Waals surface area (Å²) in [6.45, 7) is 5.26. The van der Waals surface area contributed by atoms with Crippen LogP contribution in [-0.4, -0.2) is 52.0 Å². The molecule has 1 aliphatic carbocycles. The summed E-state index contributed by atoms with van der Waals surface area (Å²) in [5, 5.41) is 12.5. The molecular formula is C34H48N2O3S. The number of carboxylic acids is 1. The van der Waals surface area contributed by atoms with Crippen molar-refractivity contribution >= 4 is 23.6 Å². The number of amides is 1. The molecule has 4 rings (SSSR count). The number of carbonyl (C=O) groups excluding carboxylic acids is 1. The van der Waals surface area contributed by atoms with Crippen molar-refractivity contribution in [3.63, 3.8) is 0 Å². The number of hydrogen-bond acceptors (Lipinski definition) is 4. The maximum atomic E-state index is 13.5. The Morgan fingerprint density at radius 3 is 2.48 bits per heavy atom. The van der Waals surface area contributed by atoms with Crippen LogP contribution in [0.4, 0.5) is 0 Å². The van der Waals surface area contributed by atoms with Gasteiger partial charge in [-0.1, -0.05) is 75.8 Å². The summed E-state index contributed by atoms with van der Waals surface area (Å²) in [6, 6.07) is 14.7. The Bertz CT molecular complexity index is 1130. The molecule has 0 bridgehead atoms. The van der Waals surface area contributed by atoms with Crippen LogP contribution >= 0.6 is 11.8 Å². The van der Waals surface area contributed by atoms with Gasteiger partial charge in [0.2, 0.25) is 0 Å². The molecule has 1 heterocycles. The number of rotatable bonds is 13. The van der Waals surface area contributed by atoms with Crippen molar-refractivity contribution in [1.82, 2.24) is 10.2 Å². The minimum Gasteiger partial charge on any atom is -0.480 e. The lowest BCUT2D eigenvalue weighted by atomic mass is 9.84. The highest BCUT2D eigenvalue weighted by atomic mass is 32.2. The average Bonchev–Trinajstić information content (AvgIpc) is 3.32. The molecule has 2 aromatic rings. The predicted molar refractivity (Wildman–Crippen MR) is 167 cm³/mol. The van der Waals surface area contributed by atoms with Crippen LogP contribution < -0.4 is 5.32 Å². The number of likely N-dealkylation sites (tertiary alicyclic amines) is 1. The summed E-state index contributed by atoms with van der Waals surface area (Å²) in [4.78, 5) is 28.1. The highest BCUT2D eigenvalue weighted by Crippen LogP contribution is 2.37. The second kappa shape index (κ2) is 15.1. The van der Waals surface area contributed by atoms with Crippen molar-refractivity contribution in [2.24, 2.45) is 5.92 Å². The van der Waals surface area contributed by atoms with Crippen LogP contribution in [0.1, 0.15) is 99.0 Å². The van der Waals surface area contributed by atoms with Gasteiger partial charge in [0.15, 0.2) is 0 Å². The molecule has 5 nitrogen and oxygen atoms in total. The molecule has 218 valence electrons. The van der Waals surface area contributed by atoms with Crippen molar-refractivity contribution in [2.45, 2.75) is 109 Å². The molecule has 1 saturated carbocycles. The van der Waals surface area contributed by atoms with Crippen molar-refractivity contribution in [3.8, 4) is 11.1 Å². The van der Waals surface area contributed by atoms with Crippen molar-refractivity contribution in [2.75, 3.05) is 12.0 Å². The monoisotopic (exact) mass is 564 g/mol. The third-order valence-corrected chi connectivity index (χ3v) is 9.71. The molecule has 0 unspecified atom stereocenters. The van der Waals surface area contributed by atoms with Gasteiger partial charge in [0.25, 0.3) is 5.91 Å². The van der Waals surface area contributed by atoms with Crippen LogP contribution in [-0.2, 0) is 11.3 Å². The van der Waals surface area contributed by atoms with Crippen LogP contribution in [0.15, 0.2) is 42.5 Å². The first kappa shape index (κ1) is 30.6. The SMILES string of the molecule is CCC[C@H]1CC[C@H](CC2CCCCC2)N1Cc1ccc(C(=O)N[C@@H](CCSC)C(=O)O)c(-c2ccccc2C)c1. The molecule has 2 fully saturated rings. The summed E-state index contributed by atoms with van der Waals surface area (Å²) >= 11 is 1.58. The lowest BCUT2D eigenvalue weighted by Gasteiger charge is -2.34. The molecule has 1 aliphatic heterocycles. The zero-order valence-corrected chi connectivity index (χ0v) is 25.5. The Balaban J connectivity index is 1.62. The van der Waals surface area contributed by atoms with E-state index in [4.69, 9.17) is 0 Å². The van der Waals surface area contributed by atoms with Crippen LogP contribution in [0, 0.1) is 12.8 Å². The molecule has 6 heteroatoms. The normalized spacial score (nSPS) is 20.9. The average molecular weight is 565 g/mol. The fourth-order valence-corrected chi connectivity index (χ4v) is 7.37. The van der Waals surface area contributed by atoms with Crippen LogP contribution in [0.5, 0.6) is 0 Å². The molecule has 1 amide bonds. The third-order valence-electron chi connectivity index (χ3n) is 9.07. The molecule has 1 saturated heterocycles. The molecule has 2 aliphatic rings. The maximum Gasteiger partial charge on any atom is 0.326 e. The second-order valence-corrected chi connectivity index (χ2v) is 12.9. The van der Waals surface area contributed by atoms with Gasteiger partial charge >= 0.3 is 5.97 Å². The van der Waals surface area contributed by atoms with Crippen LogP contribution in [0.2, 0.25) is 0 Å². The van der Waals surface area contributed by atoms with Gasteiger partial charge in [0, 0.05) is 24.2 Å². The predicted octanol–water partition coefficient (Wildman–Crippen LogP) is 7.70. The molecule has 3 atom stereocenters. The summed E-state index contributed by atoms with van der Waals surface area (Å²) < 4.78 is 0. The Hall–Kier alpha value is -2.31. The summed E-state index contributed by atoms with van der Waals surface area (Å²) in [7, 11) is 0. The number of carboxylic acid groups (broad SMARTS) is 1. The van der Waals surface area contributed by atoms with Crippen molar-refractivity contribution in [3.05, 3.63) is 59.2 Å². The minimum absolute atomic E-state index is 0.321. The van der Waals surface area contributed by atoms with Gasteiger partial charge in [-0.05, 0) is 91.3 Å². The number of thioether (sulfide) groups is 1. The largest absolute Gasteiger partial charge is 0.480 e. The fourth-order valence-electron chi connectivity index (χ4n) is 6.90. The lowest BCUT2D eigenvalue weighted by molar-refractivity contribution is -0.139. The first-order chi connectivity index (χ1) is 19.4. The molecule has 2 N–H and O–H groups in total. The Labute approximate surface area is 245 Å². The van der Waals surface area contributed by atoms with Gasteiger partial charge in [-0.15, -0.1) is 0 Å². The number of aliphatic carboxylic acids is 1. The van der Waals surface area contributed by atoms with E-state index in [1.807, 2.05) is 24.5 Å². The maximum absolute atomic E-state index is 13.5. The van der Waals surface area contributed by atoms with E-state index in [0.29, 0.717) is 29.8 Å². The Morgan fingerprint density at radius 1 is 1.02 bits per heavy atom. The van der Waals surface area contributed by atoms with Crippen LogP contribution in [0.3, 0.4) is 0 Å². The summed E-state index contributed by atoms with van der Waals surface area (Å²) in [5.74, 6) is 0.232. The molecule has 0 radical (unpaired) electrons. The number of nitrogens with zero attached hydrogens (tertiary/aromatic N) is 1. The van der Waals surface area contributed by atoms with E-state index in [-0.39, 0.29) is 5.91 Å². The van der Waals surface area contributed by atoms with Gasteiger partial charge in [-0.2, -0.15) is 11.8 Å². The van der Waals surface area contributed by atoms with Crippen molar-refractivity contribution < 1.29 is 14.7 Å². The summed E-state index contributed by atoms with van der Waals surface area (Å²) in [6.07, 6.45) is 15.6. The second-order valence-electron chi connectivity index (χ2n) is 11.9. The van der Waals surface area contributed by atoms with E-state index < -0.39 is 12.0 Å². The molecule has 40 heavy (non-hydrogen) atoms. The Kier molecular flexibility index (Phi) is 11.5. The van der Waals surface area contributed by atoms with Crippen molar-refractivity contribution in [1.29, 1.82) is 0 Å². The topological polar surface area (TPSA) is 69.6 Å². The number of benzene rings is 2. The third kappa shape index (κ3) is 7.91. The van der Waals surface area contributed by atoms with Gasteiger partial charge < -0.3 is 10.4 Å². The zero-order chi connectivity index (χ0) is 28.5. The first-order valence-corrected chi connectivity index (χ1v) is 16.8. The molecule has 0 aromatic heterocycles. The standard InChI is InChI=1S/C34H48N2O3S/c1-4-10-27-16-17-28(21-25-12-6-5-7-13-25)36(27)23-26-15-18-30(31(22-26)29-14-9-8-11-24(29)2)33(37)35-32(34(38)39)19-20-40-3/h8-9,11,14-15,18,22,25,27-28,32H,4-7,10,12-13,16-17,19-21,23H2,1-3H3,(H,35,37)(H,38,39)/t27-,28+,32-/m0/s1. The first-order valence-electron chi connectivity index (χ1n) is 15.4. The molecule has 0 spiro atoms. The highest BCUT2D eigenvalue weighted by molar-refractivity contribution is 7.98. The van der Waals surface area contributed by atoms with E-state index in [1.54, 1.807) is 11.8 Å².